The van der Waals surface area contributed by atoms with E-state index in [0.29, 0.717) is 5.25 Å². The van der Waals surface area contributed by atoms with Crippen molar-refractivity contribution < 1.29 is 0 Å². The largest absolute Gasteiger partial charge is 0.323 e. The Balaban J connectivity index is 1.80. The van der Waals surface area contributed by atoms with Crippen molar-refractivity contribution in [3.05, 3.63) is 59.4 Å². The Morgan fingerprint density at radius 3 is 2.83 bits per heavy atom. The van der Waals surface area contributed by atoms with E-state index in [2.05, 4.69) is 35.3 Å². The zero-order chi connectivity index (χ0) is 12.5. The molecule has 0 saturated heterocycles. The van der Waals surface area contributed by atoms with Gasteiger partial charge in [0.05, 0.1) is 0 Å². The fourth-order valence-corrected chi connectivity index (χ4v) is 3.65. The first kappa shape index (κ1) is 11.8. The lowest BCUT2D eigenvalue weighted by Crippen LogP contribution is -2.23. The zero-order valence-corrected chi connectivity index (χ0v) is 11.2. The van der Waals surface area contributed by atoms with E-state index in [0.717, 1.165) is 17.7 Å². The van der Waals surface area contributed by atoms with Crippen molar-refractivity contribution in [2.75, 3.05) is 0 Å². The van der Waals surface area contributed by atoms with E-state index in [4.69, 9.17) is 5.73 Å². The van der Waals surface area contributed by atoms with Crippen LogP contribution in [0.2, 0.25) is 0 Å². The fourth-order valence-electron chi connectivity index (χ4n) is 2.30. The first-order valence-electron chi connectivity index (χ1n) is 6.17. The van der Waals surface area contributed by atoms with Crippen molar-refractivity contribution in [2.45, 2.75) is 29.5 Å². The monoisotopic (exact) mass is 256 g/mol. The van der Waals surface area contributed by atoms with Crippen LogP contribution in [0.3, 0.4) is 0 Å². The predicted octanol–water partition coefficient (Wildman–Crippen LogP) is 3.11. The highest BCUT2D eigenvalue weighted by Gasteiger charge is 2.28. The van der Waals surface area contributed by atoms with Gasteiger partial charge in [-0.25, -0.2) is 0 Å². The minimum Gasteiger partial charge on any atom is -0.323 e. The molecule has 2 unspecified atom stereocenters. The molecule has 0 bridgehead atoms. The number of aryl methyl sites for hydroxylation is 1. The number of fused-ring (bicyclic) bond motifs is 1. The van der Waals surface area contributed by atoms with Gasteiger partial charge in [-0.2, -0.15) is 0 Å². The molecular weight excluding hydrogens is 240 g/mol. The van der Waals surface area contributed by atoms with E-state index in [1.807, 2.05) is 30.9 Å². The molecule has 0 saturated carbocycles. The van der Waals surface area contributed by atoms with Crippen molar-refractivity contribution >= 4 is 11.8 Å². The second-order valence-corrected chi connectivity index (χ2v) is 6.01. The van der Waals surface area contributed by atoms with Gasteiger partial charge in [0.2, 0.25) is 0 Å². The Morgan fingerprint density at radius 2 is 2.11 bits per heavy atom. The molecule has 3 heteroatoms. The lowest BCUT2D eigenvalue weighted by molar-refractivity contribution is 0.674. The van der Waals surface area contributed by atoms with Crippen LogP contribution in [0.5, 0.6) is 0 Å². The molecule has 2 N–H and O–H groups in total. The third-order valence-electron chi connectivity index (χ3n) is 3.39. The maximum Gasteiger partial charge on any atom is 0.0437 e. The molecule has 2 nitrogen and oxygen atoms in total. The number of pyridine rings is 1. The number of aromatic nitrogens is 1. The highest BCUT2D eigenvalue weighted by Crippen LogP contribution is 2.41. The Kier molecular flexibility index (Phi) is 3.10. The second-order valence-electron chi connectivity index (χ2n) is 4.73. The summed E-state index contributed by atoms with van der Waals surface area (Å²) in [5.74, 6) is 0. The van der Waals surface area contributed by atoms with Crippen LogP contribution >= 0.6 is 11.8 Å². The summed E-state index contributed by atoms with van der Waals surface area (Å²) in [5, 5.41) is 0.423. The van der Waals surface area contributed by atoms with Gasteiger partial charge in [0.25, 0.3) is 0 Å². The van der Waals surface area contributed by atoms with E-state index >= 15 is 0 Å². The van der Waals surface area contributed by atoms with Gasteiger partial charge in [0.15, 0.2) is 0 Å². The number of nitrogens with zero attached hydrogens (tertiary/aromatic N) is 1. The Bertz CT molecular complexity index is 526. The molecule has 92 valence electrons. The van der Waals surface area contributed by atoms with Gasteiger partial charge >= 0.3 is 0 Å². The zero-order valence-electron chi connectivity index (χ0n) is 10.3. The van der Waals surface area contributed by atoms with Gasteiger partial charge in [0.1, 0.15) is 0 Å². The van der Waals surface area contributed by atoms with Gasteiger partial charge in [-0.15, -0.1) is 11.8 Å². The van der Waals surface area contributed by atoms with Gasteiger partial charge in [-0.3, -0.25) is 4.98 Å². The average molecular weight is 256 g/mol. The van der Waals surface area contributed by atoms with Gasteiger partial charge < -0.3 is 5.73 Å². The normalized spacial score (nSPS) is 19.6. The third kappa shape index (κ3) is 2.16. The molecule has 1 aromatic carbocycles. The van der Waals surface area contributed by atoms with E-state index in [1.54, 1.807) is 0 Å². The van der Waals surface area contributed by atoms with Crippen LogP contribution in [0.15, 0.2) is 47.5 Å². The summed E-state index contributed by atoms with van der Waals surface area (Å²) >= 11 is 1.89. The second kappa shape index (κ2) is 4.75. The van der Waals surface area contributed by atoms with Crippen LogP contribution in [0, 0.1) is 6.92 Å². The molecule has 1 aromatic heterocycles. The molecule has 0 spiro atoms. The third-order valence-corrected chi connectivity index (χ3v) is 4.81. The van der Waals surface area contributed by atoms with Crippen molar-refractivity contribution in [1.82, 2.24) is 4.98 Å². The van der Waals surface area contributed by atoms with Crippen LogP contribution in [0.1, 0.15) is 22.9 Å². The summed E-state index contributed by atoms with van der Waals surface area (Å²) in [6, 6.07) is 12.7. The Hall–Kier alpha value is -1.32. The van der Waals surface area contributed by atoms with Crippen LogP contribution in [-0.2, 0) is 6.42 Å². The summed E-state index contributed by atoms with van der Waals surface area (Å²) in [4.78, 5) is 5.70. The summed E-state index contributed by atoms with van der Waals surface area (Å²) in [6.45, 7) is 2.00. The molecule has 2 aromatic rings. The van der Waals surface area contributed by atoms with Gasteiger partial charge in [0, 0.05) is 28.1 Å². The van der Waals surface area contributed by atoms with Crippen molar-refractivity contribution in [3.8, 4) is 0 Å². The highest BCUT2D eigenvalue weighted by atomic mass is 32.2. The minimum absolute atomic E-state index is 0.0514. The molecule has 1 aliphatic heterocycles. The first-order chi connectivity index (χ1) is 8.74. The van der Waals surface area contributed by atoms with Crippen molar-refractivity contribution in [1.29, 1.82) is 0 Å². The van der Waals surface area contributed by atoms with E-state index < -0.39 is 0 Å². The summed E-state index contributed by atoms with van der Waals surface area (Å²) < 4.78 is 0. The van der Waals surface area contributed by atoms with Gasteiger partial charge in [-0.1, -0.05) is 24.3 Å². The predicted molar refractivity (Wildman–Crippen MR) is 75.7 cm³/mol. The van der Waals surface area contributed by atoms with Crippen molar-refractivity contribution in [3.63, 3.8) is 0 Å². The fraction of sp³-hybridized carbons (Fsp3) is 0.267. The number of hydrogen-bond acceptors (Lipinski definition) is 3. The molecule has 0 radical (unpaired) electrons. The lowest BCUT2D eigenvalue weighted by Gasteiger charge is -2.18. The molecule has 1 aliphatic rings. The van der Waals surface area contributed by atoms with E-state index in [9.17, 15) is 0 Å². The topological polar surface area (TPSA) is 38.9 Å². The SMILES string of the molecule is Cc1ccc(C(N)C2Cc3ccccc3S2)cn1. The molecule has 0 aliphatic carbocycles. The standard InChI is InChI=1S/C15H16N2S/c1-10-6-7-12(9-17-10)15(16)14-8-11-4-2-3-5-13(11)18-14/h2-7,9,14-15H,8,16H2,1H3. The molecule has 2 heterocycles. The average Bonchev–Trinajstić information content (AvgIpc) is 2.82. The maximum absolute atomic E-state index is 6.37. The quantitative estimate of drug-likeness (QED) is 0.897. The molecule has 0 fully saturated rings. The molecule has 2 atom stereocenters. The molecule has 3 rings (SSSR count). The Morgan fingerprint density at radius 1 is 1.28 bits per heavy atom. The molecule has 0 amide bonds. The minimum atomic E-state index is 0.0514. The smallest absolute Gasteiger partial charge is 0.0437 e. The van der Waals surface area contributed by atoms with Crippen LogP contribution < -0.4 is 5.73 Å². The van der Waals surface area contributed by atoms with Crippen LogP contribution in [-0.4, -0.2) is 10.2 Å². The summed E-state index contributed by atoms with van der Waals surface area (Å²) in [5.41, 5.74) is 9.95. The van der Waals surface area contributed by atoms with E-state index in [-0.39, 0.29) is 6.04 Å². The molecular formula is C15H16N2S. The highest BCUT2D eigenvalue weighted by molar-refractivity contribution is 8.00. The maximum atomic E-state index is 6.37. The van der Waals surface area contributed by atoms with Crippen LogP contribution in [0.4, 0.5) is 0 Å². The number of benzene rings is 1. The Labute approximate surface area is 112 Å². The first-order valence-corrected chi connectivity index (χ1v) is 7.05. The van der Waals surface area contributed by atoms with Gasteiger partial charge in [-0.05, 0) is 36.6 Å². The number of rotatable bonds is 2. The van der Waals surface area contributed by atoms with Crippen molar-refractivity contribution in [2.24, 2.45) is 5.73 Å². The van der Waals surface area contributed by atoms with E-state index in [1.165, 1.54) is 10.5 Å². The summed E-state index contributed by atoms with van der Waals surface area (Å²) in [7, 11) is 0. The number of nitrogens with two attached hydrogens (primary N) is 1. The summed E-state index contributed by atoms with van der Waals surface area (Å²) in [6.07, 6.45) is 2.96. The lowest BCUT2D eigenvalue weighted by atomic mass is 10.0. The number of hydrogen-bond donors (Lipinski definition) is 1. The van der Waals surface area contributed by atoms with Crippen LogP contribution in [0.25, 0.3) is 0 Å². The number of thioether (sulfide) groups is 1. The molecule has 18 heavy (non-hydrogen) atoms.